The topological polar surface area (TPSA) is 50.8 Å². The first-order valence-corrected chi connectivity index (χ1v) is 11.5. The average Bonchev–Trinajstić information content (AvgIpc) is 3.30. The highest BCUT2D eigenvalue weighted by molar-refractivity contribution is 6.31. The number of fused-ring (bicyclic) bond motifs is 3. The summed E-state index contributed by atoms with van der Waals surface area (Å²) in [6.45, 7) is 4.72. The molecule has 3 aromatic rings. The molecule has 33 heavy (non-hydrogen) atoms. The van der Waals surface area contributed by atoms with E-state index in [0.717, 1.165) is 29.7 Å². The summed E-state index contributed by atoms with van der Waals surface area (Å²) >= 11 is 6.17. The highest BCUT2D eigenvalue weighted by Crippen LogP contribution is 2.53. The second-order valence-electron chi connectivity index (χ2n) is 9.06. The van der Waals surface area contributed by atoms with E-state index in [0.29, 0.717) is 23.1 Å². The largest absolute Gasteiger partial charge is 0.417 e. The standard InChI is InChI=1S/C27H27ClN2O3/c1-17-4-7-19(8-5-17)16-27-12-13-32-25(27)30(3)24-11-10-21(15-22(24)27)33-26(31)29-20-9-6-18(2)23(28)14-20/h4-11,14-15,25H,12-13,16H2,1-3H3,(H,29,31)/t25-,27+/m0/s1. The van der Waals surface area contributed by atoms with Crippen LogP contribution >= 0.6 is 11.6 Å². The number of anilines is 2. The van der Waals surface area contributed by atoms with Crippen molar-refractivity contribution in [3.8, 4) is 5.75 Å². The molecule has 170 valence electrons. The molecular weight excluding hydrogens is 436 g/mol. The molecule has 1 amide bonds. The number of carbonyl (C=O) groups excluding carboxylic acids is 1. The molecule has 1 N–H and O–H groups in total. The van der Waals surface area contributed by atoms with Gasteiger partial charge in [-0.25, -0.2) is 4.79 Å². The number of aryl methyl sites for hydroxylation is 2. The maximum Gasteiger partial charge on any atom is 0.417 e. The van der Waals surface area contributed by atoms with Crippen LogP contribution in [0.1, 0.15) is 28.7 Å². The number of carbonyl (C=O) groups is 1. The monoisotopic (exact) mass is 462 g/mol. The molecule has 6 heteroatoms. The molecule has 2 aliphatic rings. The number of rotatable bonds is 4. The van der Waals surface area contributed by atoms with Crippen molar-refractivity contribution in [2.24, 2.45) is 0 Å². The van der Waals surface area contributed by atoms with Crippen molar-refractivity contribution in [2.45, 2.75) is 38.3 Å². The number of halogens is 1. The minimum Gasteiger partial charge on any atom is -0.410 e. The summed E-state index contributed by atoms with van der Waals surface area (Å²) in [7, 11) is 2.07. The number of likely N-dealkylation sites (N-methyl/N-ethyl adjacent to an activating group) is 1. The molecule has 2 aliphatic heterocycles. The third kappa shape index (κ3) is 3.96. The van der Waals surface area contributed by atoms with Crippen LogP contribution in [-0.4, -0.2) is 26.0 Å². The van der Waals surface area contributed by atoms with Crippen molar-refractivity contribution < 1.29 is 14.3 Å². The van der Waals surface area contributed by atoms with Crippen LogP contribution in [0.4, 0.5) is 16.2 Å². The lowest BCUT2D eigenvalue weighted by Crippen LogP contribution is -2.41. The first-order valence-electron chi connectivity index (χ1n) is 11.2. The first kappa shape index (κ1) is 21.8. The van der Waals surface area contributed by atoms with Crippen LogP contribution in [0.15, 0.2) is 60.7 Å². The third-order valence-corrected chi connectivity index (χ3v) is 7.21. The van der Waals surface area contributed by atoms with Crippen LogP contribution in [0.2, 0.25) is 5.02 Å². The van der Waals surface area contributed by atoms with Crippen molar-refractivity contribution in [2.75, 3.05) is 23.9 Å². The molecule has 5 nitrogen and oxygen atoms in total. The van der Waals surface area contributed by atoms with Crippen molar-refractivity contribution in [1.82, 2.24) is 0 Å². The molecular formula is C27H27ClN2O3. The van der Waals surface area contributed by atoms with E-state index in [1.54, 1.807) is 12.1 Å². The van der Waals surface area contributed by atoms with Crippen molar-refractivity contribution >= 4 is 29.1 Å². The van der Waals surface area contributed by atoms with Gasteiger partial charge in [-0.1, -0.05) is 47.5 Å². The Balaban J connectivity index is 1.41. The van der Waals surface area contributed by atoms with Gasteiger partial charge in [0.25, 0.3) is 0 Å². The fourth-order valence-electron chi connectivity index (χ4n) is 5.06. The van der Waals surface area contributed by atoms with Crippen LogP contribution in [0.5, 0.6) is 5.75 Å². The fraction of sp³-hybridized carbons (Fsp3) is 0.296. The van der Waals surface area contributed by atoms with Crippen molar-refractivity contribution in [1.29, 1.82) is 0 Å². The smallest absolute Gasteiger partial charge is 0.410 e. The van der Waals surface area contributed by atoms with Gasteiger partial charge >= 0.3 is 6.09 Å². The van der Waals surface area contributed by atoms with Crippen LogP contribution in [0.25, 0.3) is 0 Å². The Bertz CT molecular complexity index is 1210. The Morgan fingerprint density at radius 3 is 2.70 bits per heavy atom. The lowest BCUT2D eigenvalue weighted by atomic mass is 9.74. The van der Waals surface area contributed by atoms with E-state index in [4.69, 9.17) is 21.1 Å². The molecule has 5 rings (SSSR count). The van der Waals surface area contributed by atoms with Gasteiger partial charge in [0.2, 0.25) is 0 Å². The predicted octanol–water partition coefficient (Wildman–Crippen LogP) is 6.24. The number of nitrogens with one attached hydrogen (secondary N) is 1. The molecule has 0 aliphatic carbocycles. The number of nitrogens with zero attached hydrogens (tertiary/aromatic N) is 1. The highest BCUT2D eigenvalue weighted by Gasteiger charge is 2.54. The Morgan fingerprint density at radius 2 is 1.94 bits per heavy atom. The van der Waals surface area contributed by atoms with Crippen LogP contribution in [0.3, 0.4) is 0 Å². The molecule has 0 spiro atoms. The maximum absolute atomic E-state index is 12.6. The summed E-state index contributed by atoms with van der Waals surface area (Å²) < 4.78 is 11.8. The van der Waals surface area contributed by atoms with Crippen LogP contribution < -0.4 is 15.0 Å². The van der Waals surface area contributed by atoms with Gasteiger partial charge in [0.1, 0.15) is 12.0 Å². The zero-order valence-corrected chi connectivity index (χ0v) is 19.8. The van der Waals surface area contributed by atoms with E-state index < -0.39 is 6.09 Å². The fourth-order valence-corrected chi connectivity index (χ4v) is 5.24. The Morgan fingerprint density at radius 1 is 1.15 bits per heavy atom. The molecule has 0 aromatic heterocycles. The zero-order chi connectivity index (χ0) is 23.2. The molecule has 1 fully saturated rings. The van der Waals surface area contributed by atoms with E-state index in [2.05, 4.69) is 48.5 Å². The summed E-state index contributed by atoms with van der Waals surface area (Å²) in [5.74, 6) is 0.508. The Hall–Kier alpha value is -3.02. The summed E-state index contributed by atoms with van der Waals surface area (Å²) in [5.41, 5.74) is 6.16. The van der Waals surface area contributed by atoms with Gasteiger partial charge in [-0.15, -0.1) is 0 Å². The molecule has 0 unspecified atom stereocenters. The van der Waals surface area contributed by atoms with Gasteiger partial charge in [-0.3, -0.25) is 5.32 Å². The number of benzene rings is 3. The molecule has 3 aromatic carbocycles. The highest BCUT2D eigenvalue weighted by atomic mass is 35.5. The Kier molecular flexibility index (Phi) is 5.55. The molecule has 2 atom stereocenters. The number of ether oxygens (including phenoxy) is 2. The Labute approximate surface area is 199 Å². The lowest BCUT2D eigenvalue weighted by Gasteiger charge is -2.31. The van der Waals surface area contributed by atoms with Gasteiger partial charge in [-0.2, -0.15) is 0 Å². The van der Waals surface area contributed by atoms with Crippen molar-refractivity contribution in [3.63, 3.8) is 0 Å². The lowest BCUT2D eigenvalue weighted by molar-refractivity contribution is 0.0875. The van der Waals surface area contributed by atoms with Gasteiger partial charge in [-0.05, 0) is 73.7 Å². The van der Waals surface area contributed by atoms with Crippen LogP contribution in [0, 0.1) is 13.8 Å². The second kappa shape index (κ2) is 8.40. The second-order valence-corrected chi connectivity index (χ2v) is 9.47. The molecule has 2 heterocycles. The average molecular weight is 463 g/mol. The van der Waals surface area contributed by atoms with E-state index in [1.807, 2.05) is 31.2 Å². The van der Waals surface area contributed by atoms with Crippen LogP contribution in [-0.2, 0) is 16.6 Å². The molecule has 1 saturated heterocycles. The summed E-state index contributed by atoms with van der Waals surface area (Å²) in [6, 6.07) is 19.9. The minimum atomic E-state index is -0.548. The number of hydrogen-bond donors (Lipinski definition) is 1. The number of hydrogen-bond acceptors (Lipinski definition) is 4. The normalized spacial score (nSPS) is 21.0. The summed E-state index contributed by atoms with van der Waals surface area (Å²) in [4.78, 5) is 14.8. The SMILES string of the molecule is Cc1ccc(C[C@@]23CCO[C@@H]2N(C)c2ccc(OC(=O)Nc4ccc(C)c(Cl)c4)cc23)cc1. The predicted molar refractivity (Wildman–Crippen MR) is 132 cm³/mol. The molecule has 0 radical (unpaired) electrons. The van der Waals surface area contributed by atoms with E-state index in [1.165, 1.54) is 11.1 Å². The van der Waals surface area contributed by atoms with Crippen molar-refractivity contribution in [3.05, 3.63) is 87.9 Å². The maximum atomic E-state index is 12.6. The van der Waals surface area contributed by atoms with Gasteiger partial charge in [0.15, 0.2) is 0 Å². The summed E-state index contributed by atoms with van der Waals surface area (Å²) in [5, 5.41) is 3.35. The molecule has 0 saturated carbocycles. The number of amides is 1. The van der Waals surface area contributed by atoms with E-state index in [-0.39, 0.29) is 11.6 Å². The van der Waals surface area contributed by atoms with Gasteiger partial charge in [0, 0.05) is 28.9 Å². The third-order valence-electron chi connectivity index (χ3n) is 6.80. The molecule has 0 bridgehead atoms. The summed E-state index contributed by atoms with van der Waals surface area (Å²) in [6.07, 6.45) is 1.20. The van der Waals surface area contributed by atoms with Gasteiger partial charge in [0.05, 0.1) is 6.61 Å². The van der Waals surface area contributed by atoms with Gasteiger partial charge < -0.3 is 14.4 Å². The quantitative estimate of drug-likeness (QED) is 0.498. The zero-order valence-electron chi connectivity index (χ0n) is 19.0. The first-order chi connectivity index (χ1) is 15.9. The van der Waals surface area contributed by atoms with E-state index >= 15 is 0 Å². The van der Waals surface area contributed by atoms with E-state index in [9.17, 15) is 4.79 Å². The minimum absolute atomic E-state index is 0.0346.